The van der Waals surface area contributed by atoms with Gasteiger partial charge in [0.2, 0.25) is 11.8 Å². The maximum atomic E-state index is 14.1. The number of carbonyl (C=O) groups excluding carboxylic acids is 2. The molecule has 0 unspecified atom stereocenters. The normalized spacial score (nSPS) is 12.1. The molecule has 0 saturated heterocycles. The van der Waals surface area contributed by atoms with Crippen LogP contribution in [0.3, 0.4) is 0 Å². The van der Waals surface area contributed by atoms with Crippen LogP contribution in [0.1, 0.15) is 43.9 Å². The van der Waals surface area contributed by atoms with Crippen LogP contribution in [0, 0.1) is 13.8 Å². The molecule has 0 saturated carbocycles. The highest BCUT2D eigenvalue weighted by molar-refractivity contribution is 7.92. The quantitative estimate of drug-likeness (QED) is 0.339. The fourth-order valence-corrected chi connectivity index (χ4v) is 5.94. The Morgan fingerprint density at radius 2 is 1.60 bits per heavy atom. The number of anilines is 1. The molecule has 0 aliphatic carbocycles. The Hall–Kier alpha value is -3.85. The number of carbonyl (C=O) groups is 2. The SMILES string of the molecule is CC[C@@H](C(=O)NC(C)C)N(Cc1ccc(OC)cc1)C(=O)CN(c1cc(C)ccc1C)S(=O)(=O)c1ccccc1. The third-order valence-corrected chi connectivity index (χ3v) is 8.35. The molecule has 0 aromatic heterocycles. The van der Waals surface area contributed by atoms with Crippen LogP contribution < -0.4 is 14.4 Å². The van der Waals surface area contributed by atoms with E-state index < -0.39 is 28.5 Å². The van der Waals surface area contributed by atoms with Crippen molar-refractivity contribution in [2.75, 3.05) is 18.0 Å². The van der Waals surface area contributed by atoms with E-state index in [1.165, 1.54) is 17.0 Å². The number of ether oxygens (including phenoxy) is 1. The Balaban J connectivity index is 2.09. The minimum absolute atomic E-state index is 0.0787. The number of rotatable bonds is 12. The lowest BCUT2D eigenvalue weighted by Gasteiger charge is -2.34. The molecule has 2 amide bonds. The summed E-state index contributed by atoms with van der Waals surface area (Å²) in [7, 11) is -2.53. The predicted octanol–water partition coefficient (Wildman–Crippen LogP) is 4.84. The molecule has 9 heteroatoms. The fraction of sp³-hybridized carbons (Fsp3) is 0.355. The van der Waals surface area contributed by atoms with E-state index in [4.69, 9.17) is 4.74 Å². The van der Waals surface area contributed by atoms with E-state index >= 15 is 0 Å². The number of nitrogens with one attached hydrogen (secondary N) is 1. The molecule has 0 aliphatic rings. The van der Waals surface area contributed by atoms with Crippen molar-refractivity contribution in [1.82, 2.24) is 10.2 Å². The first-order chi connectivity index (χ1) is 19.0. The molecule has 0 bridgehead atoms. The highest BCUT2D eigenvalue weighted by Gasteiger charge is 2.34. The van der Waals surface area contributed by atoms with E-state index in [2.05, 4.69) is 5.32 Å². The molecule has 3 aromatic carbocycles. The molecule has 3 aromatic rings. The van der Waals surface area contributed by atoms with Gasteiger partial charge >= 0.3 is 0 Å². The summed E-state index contributed by atoms with van der Waals surface area (Å²) in [6.45, 7) is 8.89. The molecule has 8 nitrogen and oxygen atoms in total. The van der Waals surface area contributed by atoms with Gasteiger partial charge in [0.05, 0.1) is 17.7 Å². The monoisotopic (exact) mass is 565 g/mol. The third-order valence-electron chi connectivity index (χ3n) is 6.57. The Bertz CT molecular complexity index is 1410. The zero-order valence-electron chi connectivity index (χ0n) is 24.0. The van der Waals surface area contributed by atoms with E-state index in [-0.39, 0.29) is 23.4 Å². The summed E-state index contributed by atoms with van der Waals surface area (Å²) in [4.78, 5) is 28.9. The molecule has 1 atom stereocenters. The number of hydrogen-bond acceptors (Lipinski definition) is 5. The van der Waals surface area contributed by atoms with E-state index in [1.54, 1.807) is 43.5 Å². The van der Waals surface area contributed by atoms with Crippen LogP contribution in [-0.2, 0) is 26.2 Å². The highest BCUT2D eigenvalue weighted by atomic mass is 32.2. The summed E-state index contributed by atoms with van der Waals surface area (Å²) in [5, 5.41) is 2.91. The van der Waals surface area contributed by atoms with Gasteiger partial charge in [-0.25, -0.2) is 8.42 Å². The lowest BCUT2D eigenvalue weighted by Crippen LogP contribution is -2.53. The number of benzene rings is 3. The molecule has 0 heterocycles. The summed E-state index contributed by atoms with van der Waals surface area (Å²) in [5.74, 6) is -0.105. The Morgan fingerprint density at radius 3 is 2.17 bits per heavy atom. The van der Waals surface area contributed by atoms with Crippen molar-refractivity contribution in [3.05, 3.63) is 89.5 Å². The Kier molecular flexibility index (Phi) is 10.3. The van der Waals surface area contributed by atoms with Gasteiger partial charge in [0.1, 0.15) is 18.3 Å². The maximum absolute atomic E-state index is 14.1. The number of amides is 2. The largest absolute Gasteiger partial charge is 0.497 e. The summed E-state index contributed by atoms with van der Waals surface area (Å²) in [6.07, 6.45) is 0.357. The molecule has 214 valence electrons. The van der Waals surface area contributed by atoms with Crippen molar-refractivity contribution in [2.24, 2.45) is 0 Å². The number of aryl methyl sites for hydroxylation is 2. The smallest absolute Gasteiger partial charge is 0.264 e. The average Bonchev–Trinajstić information content (AvgIpc) is 2.93. The van der Waals surface area contributed by atoms with Crippen molar-refractivity contribution >= 4 is 27.5 Å². The van der Waals surface area contributed by atoms with Gasteiger partial charge in [-0.2, -0.15) is 0 Å². The van der Waals surface area contributed by atoms with Crippen LogP contribution in [0.2, 0.25) is 0 Å². The van der Waals surface area contributed by atoms with Crippen LogP contribution in [0.4, 0.5) is 5.69 Å². The van der Waals surface area contributed by atoms with Gasteiger partial charge in [0.15, 0.2) is 0 Å². The fourth-order valence-electron chi connectivity index (χ4n) is 4.45. The topological polar surface area (TPSA) is 96.0 Å². The molecular weight excluding hydrogens is 526 g/mol. The summed E-state index contributed by atoms with van der Waals surface area (Å²) in [6, 6.07) is 19.9. The number of sulfonamides is 1. The molecule has 0 fully saturated rings. The van der Waals surface area contributed by atoms with Gasteiger partial charge in [-0.05, 0) is 81.1 Å². The molecule has 0 spiro atoms. The summed E-state index contributed by atoms with van der Waals surface area (Å²) >= 11 is 0. The summed E-state index contributed by atoms with van der Waals surface area (Å²) < 4.78 is 34.3. The zero-order valence-corrected chi connectivity index (χ0v) is 24.9. The molecule has 1 N–H and O–H groups in total. The average molecular weight is 566 g/mol. The Morgan fingerprint density at radius 1 is 0.950 bits per heavy atom. The van der Waals surface area contributed by atoms with Gasteiger partial charge in [-0.1, -0.05) is 49.4 Å². The van der Waals surface area contributed by atoms with Gasteiger partial charge in [-0.3, -0.25) is 13.9 Å². The van der Waals surface area contributed by atoms with Crippen molar-refractivity contribution in [2.45, 2.75) is 64.6 Å². The van der Waals surface area contributed by atoms with Crippen LogP contribution in [0.25, 0.3) is 0 Å². The second kappa shape index (κ2) is 13.5. The van der Waals surface area contributed by atoms with Crippen molar-refractivity contribution in [3.8, 4) is 5.75 Å². The minimum atomic E-state index is -4.11. The second-order valence-electron chi connectivity index (χ2n) is 10.1. The first-order valence-electron chi connectivity index (χ1n) is 13.4. The lowest BCUT2D eigenvalue weighted by atomic mass is 10.1. The lowest BCUT2D eigenvalue weighted by molar-refractivity contribution is -0.140. The van der Waals surface area contributed by atoms with Crippen LogP contribution in [0.15, 0.2) is 77.7 Å². The van der Waals surface area contributed by atoms with Crippen molar-refractivity contribution in [3.63, 3.8) is 0 Å². The second-order valence-corrected chi connectivity index (χ2v) is 11.9. The van der Waals surface area contributed by atoms with E-state index in [1.807, 2.05) is 58.9 Å². The molecule has 0 aliphatic heterocycles. The Labute approximate surface area is 238 Å². The van der Waals surface area contributed by atoms with Gasteiger partial charge in [0, 0.05) is 12.6 Å². The van der Waals surface area contributed by atoms with Crippen molar-refractivity contribution in [1.29, 1.82) is 0 Å². The van der Waals surface area contributed by atoms with E-state index in [9.17, 15) is 18.0 Å². The van der Waals surface area contributed by atoms with Crippen LogP contribution in [-0.4, -0.2) is 50.9 Å². The third kappa shape index (κ3) is 7.41. The minimum Gasteiger partial charge on any atom is -0.497 e. The predicted molar refractivity (Wildman–Crippen MR) is 158 cm³/mol. The number of nitrogens with zero attached hydrogens (tertiary/aromatic N) is 2. The standard InChI is InChI=1S/C31H39N3O5S/c1-7-28(31(36)32-22(2)3)33(20-25-15-17-26(39-6)18-16-25)30(35)21-34(29-19-23(4)13-14-24(29)5)40(37,38)27-11-9-8-10-12-27/h8-19,22,28H,7,20-21H2,1-6H3,(H,32,36)/t28-/m0/s1. The van der Waals surface area contributed by atoms with Gasteiger partial charge in [0.25, 0.3) is 10.0 Å². The molecule has 40 heavy (non-hydrogen) atoms. The van der Waals surface area contributed by atoms with Gasteiger partial charge in [-0.15, -0.1) is 0 Å². The van der Waals surface area contributed by atoms with Crippen molar-refractivity contribution < 1.29 is 22.7 Å². The number of methoxy groups -OCH3 is 1. The zero-order chi connectivity index (χ0) is 29.4. The van der Waals surface area contributed by atoms with E-state index in [0.29, 0.717) is 23.4 Å². The molecule has 0 radical (unpaired) electrons. The first-order valence-corrected chi connectivity index (χ1v) is 14.8. The summed E-state index contributed by atoms with van der Waals surface area (Å²) in [5.41, 5.74) is 2.78. The maximum Gasteiger partial charge on any atom is 0.264 e. The number of hydrogen-bond donors (Lipinski definition) is 1. The van der Waals surface area contributed by atoms with Crippen LogP contribution >= 0.6 is 0 Å². The highest BCUT2D eigenvalue weighted by Crippen LogP contribution is 2.28. The molecular formula is C31H39N3O5S. The van der Waals surface area contributed by atoms with Gasteiger partial charge < -0.3 is 15.0 Å². The first kappa shape index (κ1) is 30.7. The van der Waals surface area contributed by atoms with Crippen LogP contribution in [0.5, 0.6) is 5.75 Å². The molecule has 3 rings (SSSR count). The van der Waals surface area contributed by atoms with E-state index in [0.717, 1.165) is 15.4 Å².